The van der Waals surface area contributed by atoms with Crippen molar-refractivity contribution in [1.29, 1.82) is 0 Å². The van der Waals surface area contributed by atoms with E-state index in [1.165, 1.54) is 12.1 Å². The number of piperazine rings is 1. The molecule has 0 spiro atoms. The standard InChI is InChI=1S/C14H20FN3O.2ClH/c1-16-7-6-14(19)18-10-8-17(9-11-18)13-4-2-12(15)3-5-13;;/h2-5,16H,6-11H2,1H3;2*1H. The third kappa shape index (κ3) is 5.69. The van der Waals surface area contributed by atoms with E-state index < -0.39 is 0 Å². The first-order valence-corrected chi connectivity index (χ1v) is 6.63. The van der Waals surface area contributed by atoms with Crippen LogP contribution < -0.4 is 10.2 Å². The van der Waals surface area contributed by atoms with Gasteiger partial charge in [0.05, 0.1) is 0 Å². The zero-order chi connectivity index (χ0) is 13.7. The molecule has 0 aliphatic carbocycles. The van der Waals surface area contributed by atoms with Crippen molar-refractivity contribution in [3.8, 4) is 0 Å². The van der Waals surface area contributed by atoms with Crippen LogP contribution in [-0.4, -0.2) is 50.6 Å². The number of nitrogens with zero attached hydrogens (tertiary/aromatic N) is 2. The molecule has 1 heterocycles. The van der Waals surface area contributed by atoms with Crippen LogP contribution in [0.1, 0.15) is 6.42 Å². The molecule has 2 rings (SSSR count). The second-order valence-electron chi connectivity index (χ2n) is 4.70. The summed E-state index contributed by atoms with van der Waals surface area (Å²) in [5, 5.41) is 2.98. The Morgan fingerprint density at radius 3 is 2.24 bits per heavy atom. The first-order valence-electron chi connectivity index (χ1n) is 6.63. The molecule has 1 aliphatic heterocycles. The van der Waals surface area contributed by atoms with Crippen LogP contribution in [0.15, 0.2) is 24.3 Å². The fraction of sp³-hybridized carbons (Fsp3) is 0.500. The molecule has 0 atom stereocenters. The molecule has 1 N–H and O–H groups in total. The lowest BCUT2D eigenvalue weighted by molar-refractivity contribution is -0.131. The molecule has 120 valence electrons. The van der Waals surface area contributed by atoms with Crippen LogP contribution in [0.2, 0.25) is 0 Å². The van der Waals surface area contributed by atoms with Crippen molar-refractivity contribution in [1.82, 2.24) is 10.2 Å². The molecular formula is C14H22Cl2FN3O. The van der Waals surface area contributed by atoms with E-state index >= 15 is 0 Å². The number of carbonyl (C=O) groups excluding carboxylic acids is 1. The van der Waals surface area contributed by atoms with Gasteiger partial charge in [0.2, 0.25) is 5.91 Å². The molecule has 1 aromatic carbocycles. The smallest absolute Gasteiger partial charge is 0.223 e. The van der Waals surface area contributed by atoms with Crippen LogP contribution in [0, 0.1) is 5.82 Å². The normalized spacial score (nSPS) is 14.2. The summed E-state index contributed by atoms with van der Waals surface area (Å²) in [7, 11) is 1.85. The highest BCUT2D eigenvalue weighted by Crippen LogP contribution is 2.17. The van der Waals surface area contributed by atoms with Gasteiger partial charge in [-0.25, -0.2) is 4.39 Å². The van der Waals surface area contributed by atoms with E-state index in [4.69, 9.17) is 0 Å². The third-order valence-electron chi connectivity index (χ3n) is 3.41. The fourth-order valence-electron chi connectivity index (χ4n) is 2.26. The van der Waals surface area contributed by atoms with E-state index in [2.05, 4.69) is 10.2 Å². The zero-order valence-electron chi connectivity index (χ0n) is 12.0. The van der Waals surface area contributed by atoms with Crippen LogP contribution in [0.5, 0.6) is 0 Å². The topological polar surface area (TPSA) is 35.6 Å². The van der Waals surface area contributed by atoms with Crippen LogP contribution >= 0.6 is 24.8 Å². The fourth-order valence-corrected chi connectivity index (χ4v) is 2.26. The highest BCUT2D eigenvalue weighted by molar-refractivity contribution is 5.85. The monoisotopic (exact) mass is 337 g/mol. The lowest BCUT2D eigenvalue weighted by Crippen LogP contribution is -2.49. The largest absolute Gasteiger partial charge is 0.368 e. The van der Waals surface area contributed by atoms with Gasteiger partial charge in [0.25, 0.3) is 0 Å². The van der Waals surface area contributed by atoms with E-state index in [9.17, 15) is 9.18 Å². The Kier molecular flexibility index (Phi) is 9.33. The van der Waals surface area contributed by atoms with Gasteiger partial charge in [0, 0.05) is 44.8 Å². The van der Waals surface area contributed by atoms with Crippen molar-refractivity contribution in [2.45, 2.75) is 6.42 Å². The third-order valence-corrected chi connectivity index (χ3v) is 3.41. The Hall–Kier alpha value is -1.04. The van der Waals surface area contributed by atoms with Crippen LogP contribution in [-0.2, 0) is 4.79 Å². The second-order valence-corrected chi connectivity index (χ2v) is 4.70. The number of nitrogens with one attached hydrogen (secondary N) is 1. The maximum atomic E-state index is 12.9. The number of halogens is 3. The minimum Gasteiger partial charge on any atom is -0.368 e. The van der Waals surface area contributed by atoms with Crippen molar-refractivity contribution in [3.63, 3.8) is 0 Å². The van der Waals surface area contributed by atoms with Crippen LogP contribution in [0.3, 0.4) is 0 Å². The van der Waals surface area contributed by atoms with Crippen LogP contribution in [0.25, 0.3) is 0 Å². The SMILES string of the molecule is CNCCC(=O)N1CCN(c2ccc(F)cc2)CC1.Cl.Cl. The lowest BCUT2D eigenvalue weighted by Gasteiger charge is -2.36. The van der Waals surface area contributed by atoms with Gasteiger partial charge in [-0.05, 0) is 31.3 Å². The zero-order valence-corrected chi connectivity index (χ0v) is 13.7. The van der Waals surface area contributed by atoms with Crippen molar-refractivity contribution in [3.05, 3.63) is 30.1 Å². The van der Waals surface area contributed by atoms with Gasteiger partial charge in [-0.3, -0.25) is 4.79 Å². The summed E-state index contributed by atoms with van der Waals surface area (Å²) in [5.74, 6) is -0.0160. The first-order chi connectivity index (χ1) is 9.20. The van der Waals surface area contributed by atoms with Gasteiger partial charge in [-0.15, -0.1) is 24.8 Å². The number of carbonyl (C=O) groups is 1. The van der Waals surface area contributed by atoms with Crippen molar-refractivity contribution in [2.75, 3.05) is 44.7 Å². The highest BCUT2D eigenvalue weighted by Gasteiger charge is 2.20. The maximum absolute atomic E-state index is 12.9. The summed E-state index contributed by atoms with van der Waals surface area (Å²) >= 11 is 0. The molecule has 1 fully saturated rings. The van der Waals surface area contributed by atoms with Crippen LogP contribution in [0.4, 0.5) is 10.1 Å². The minimum absolute atomic E-state index is 0. The molecule has 21 heavy (non-hydrogen) atoms. The van der Waals surface area contributed by atoms with Gasteiger partial charge in [-0.1, -0.05) is 0 Å². The van der Waals surface area contributed by atoms with Crippen molar-refractivity contribution >= 4 is 36.4 Å². The predicted octanol–water partition coefficient (Wildman–Crippen LogP) is 1.93. The van der Waals surface area contributed by atoms with Gasteiger partial charge in [0.1, 0.15) is 5.82 Å². The summed E-state index contributed by atoms with van der Waals surface area (Å²) in [6.45, 7) is 3.80. The summed E-state index contributed by atoms with van der Waals surface area (Å²) < 4.78 is 12.9. The number of rotatable bonds is 4. The van der Waals surface area contributed by atoms with E-state index in [1.807, 2.05) is 11.9 Å². The Morgan fingerprint density at radius 2 is 1.71 bits per heavy atom. The molecular weight excluding hydrogens is 316 g/mol. The molecule has 4 nitrogen and oxygen atoms in total. The van der Waals surface area contributed by atoms with Gasteiger partial charge in [0.15, 0.2) is 0 Å². The lowest BCUT2D eigenvalue weighted by atomic mass is 10.2. The maximum Gasteiger partial charge on any atom is 0.223 e. The molecule has 1 aliphatic rings. The summed E-state index contributed by atoms with van der Waals surface area (Å²) in [5.41, 5.74) is 1.02. The number of anilines is 1. The summed E-state index contributed by atoms with van der Waals surface area (Å²) in [6.07, 6.45) is 0.549. The van der Waals surface area contributed by atoms with E-state index in [1.54, 1.807) is 12.1 Å². The first kappa shape index (κ1) is 20.0. The van der Waals surface area contributed by atoms with Gasteiger partial charge < -0.3 is 15.1 Å². The molecule has 0 saturated carbocycles. The van der Waals surface area contributed by atoms with E-state index in [0.717, 1.165) is 38.4 Å². The molecule has 0 bridgehead atoms. The number of hydrogen-bond donors (Lipinski definition) is 1. The van der Waals surface area contributed by atoms with Crippen molar-refractivity contribution < 1.29 is 9.18 Å². The molecule has 1 saturated heterocycles. The Labute approximate surface area is 137 Å². The quantitative estimate of drug-likeness (QED) is 0.911. The summed E-state index contributed by atoms with van der Waals surface area (Å²) in [6, 6.07) is 6.52. The molecule has 0 aromatic heterocycles. The average molecular weight is 338 g/mol. The molecule has 0 radical (unpaired) electrons. The predicted molar refractivity (Wildman–Crippen MR) is 88.2 cm³/mol. The highest BCUT2D eigenvalue weighted by atomic mass is 35.5. The van der Waals surface area contributed by atoms with Crippen molar-refractivity contribution in [2.24, 2.45) is 0 Å². The molecule has 1 amide bonds. The van der Waals surface area contributed by atoms with E-state index in [0.29, 0.717) is 6.42 Å². The second kappa shape index (κ2) is 9.82. The Balaban J connectivity index is 0.00000200. The molecule has 7 heteroatoms. The average Bonchev–Trinajstić information content (AvgIpc) is 2.46. The van der Waals surface area contributed by atoms with E-state index in [-0.39, 0.29) is 36.5 Å². The number of benzene rings is 1. The minimum atomic E-state index is -0.218. The van der Waals surface area contributed by atoms with Gasteiger partial charge in [-0.2, -0.15) is 0 Å². The Bertz CT molecular complexity index is 423. The van der Waals surface area contributed by atoms with Gasteiger partial charge >= 0.3 is 0 Å². The number of hydrogen-bond acceptors (Lipinski definition) is 3. The Morgan fingerprint density at radius 1 is 1.14 bits per heavy atom. The summed E-state index contributed by atoms with van der Waals surface area (Å²) in [4.78, 5) is 15.9. The number of amides is 1. The molecule has 1 aromatic rings. The molecule has 0 unspecified atom stereocenters.